The lowest BCUT2D eigenvalue weighted by atomic mass is 9.92. The van der Waals surface area contributed by atoms with Crippen molar-refractivity contribution in [1.29, 1.82) is 0 Å². The number of halogens is 2. The summed E-state index contributed by atoms with van der Waals surface area (Å²) in [7, 11) is 0. The van der Waals surface area contributed by atoms with E-state index in [2.05, 4.69) is 62.4 Å². The van der Waals surface area contributed by atoms with Gasteiger partial charge in [-0.15, -0.1) is 0 Å². The Kier molecular flexibility index (Phi) is 8.40. The first-order chi connectivity index (χ1) is 17.3. The molecule has 4 rings (SSSR count). The highest BCUT2D eigenvalue weighted by Gasteiger charge is 2.16. The molecule has 36 heavy (non-hydrogen) atoms. The van der Waals surface area contributed by atoms with Gasteiger partial charge in [0.25, 0.3) is 0 Å². The molecule has 182 valence electrons. The number of rotatable bonds is 7. The van der Waals surface area contributed by atoms with Gasteiger partial charge in [-0.05, 0) is 72.5 Å². The van der Waals surface area contributed by atoms with Crippen LogP contribution in [0.1, 0.15) is 61.8 Å². The molecule has 2 unspecified atom stereocenters. The average Bonchev–Trinajstić information content (AvgIpc) is 2.90. The molecule has 0 aromatic heterocycles. The fraction of sp³-hybridized carbons (Fsp3) is 0.188. The van der Waals surface area contributed by atoms with Crippen molar-refractivity contribution in [2.24, 2.45) is 9.98 Å². The third-order valence-corrected chi connectivity index (χ3v) is 7.08. The van der Waals surface area contributed by atoms with Crippen LogP contribution in [0, 0.1) is 0 Å². The number of aliphatic imine (C=N–C) groups is 2. The number of benzene rings is 4. The summed E-state index contributed by atoms with van der Waals surface area (Å²) in [6.07, 6.45) is 0. The van der Waals surface area contributed by atoms with Crippen LogP contribution in [0.15, 0.2) is 107 Å². The zero-order valence-corrected chi connectivity index (χ0v) is 22.6. The van der Waals surface area contributed by atoms with Crippen LogP contribution in [-0.4, -0.2) is 11.4 Å². The van der Waals surface area contributed by atoms with E-state index in [-0.39, 0.29) is 11.8 Å². The van der Waals surface area contributed by atoms with Crippen molar-refractivity contribution >= 4 is 46.0 Å². The second-order valence-corrected chi connectivity index (χ2v) is 9.94. The lowest BCUT2D eigenvalue weighted by molar-refractivity contribution is 0.921. The summed E-state index contributed by atoms with van der Waals surface area (Å²) >= 11 is 12.8. The van der Waals surface area contributed by atoms with E-state index in [1.54, 1.807) is 0 Å². The molecule has 0 bridgehead atoms. The van der Waals surface area contributed by atoms with Crippen LogP contribution < -0.4 is 0 Å². The predicted octanol–water partition coefficient (Wildman–Crippen LogP) is 10.2. The Balaban J connectivity index is 1.70. The van der Waals surface area contributed by atoms with E-state index >= 15 is 0 Å². The van der Waals surface area contributed by atoms with E-state index in [0.717, 1.165) is 33.9 Å². The Labute approximate surface area is 224 Å². The topological polar surface area (TPSA) is 24.7 Å². The Morgan fingerprint density at radius 1 is 0.556 bits per heavy atom. The molecule has 0 amide bonds. The molecule has 0 aliphatic carbocycles. The van der Waals surface area contributed by atoms with Crippen molar-refractivity contribution < 1.29 is 0 Å². The Bertz CT molecular complexity index is 1280. The third kappa shape index (κ3) is 6.13. The summed E-state index contributed by atoms with van der Waals surface area (Å²) in [6.45, 7) is 8.36. The first-order valence-corrected chi connectivity index (χ1v) is 12.9. The van der Waals surface area contributed by atoms with Gasteiger partial charge in [0, 0.05) is 21.9 Å². The molecule has 0 aliphatic heterocycles. The molecule has 2 atom stereocenters. The number of hydrogen-bond donors (Lipinski definition) is 0. The molecule has 0 saturated heterocycles. The Morgan fingerprint density at radius 3 is 1.28 bits per heavy atom. The fourth-order valence-corrected chi connectivity index (χ4v) is 4.67. The molecule has 2 nitrogen and oxygen atoms in total. The second kappa shape index (κ2) is 11.7. The van der Waals surface area contributed by atoms with Gasteiger partial charge in [-0.25, -0.2) is 0 Å². The number of hydrogen-bond acceptors (Lipinski definition) is 2. The van der Waals surface area contributed by atoms with Crippen molar-refractivity contribution in [3.8, 4) is 0 Å². The van der Waals surface area contributed by atoms with Crippen molar-refractivity contribution in [3.05, 3.63) is 129 Å². The third-order valence-electron chi connectivity index (χ3n) is 6.61. The summed E-state index contributed by atoms with van der Waals surface area (Å²) in [5, 5.41) is 1.41. The maximum absolute atomic E-state index is 6.38. The van der Waals surface area contributed by atoms with Crippen molar-refractivity contribution in [1.82, 2.24) is 0 Å². The predicted molar refractivity (Wildman–Crippen MR) is 156 cm³/mol. The average molecular weight is 514 g/mol. The molecule has 0 spiro atoms. The van der Waals surface area contributed by atoms with E-state index in [0.29, 0.717) is 10.0 Å². The Hall–Kier alpha value is -3.20. The van der Waals surface area contributed by atoms with Gasteiger partial charge in [-0.2, -0.15) is 0 Å². The van der Waals surface area contributed by atoms with E-state index in [1.807, 2.05) is 62.4 Å². The maximum Gasteiger partial charge on any atom is 0.0672 e. The van der Waals surface area contributed by atoms with Gasteiger partial charge in [-0.3, -0.25) is 9.98 Å². The maximum atomic E-state index is 6.38. The standard InChI is InChI=1S/C32H30Cl2N2/c1-21(25-11-7-5-8-12-25)29-19-27(33)15-17-31(29)35-23(3)24(4)36-32-18-16-28(34)20-30(32)22(2)26-13-9-6-10-14-26/h5-22H,1-4H3. The van der Waals surface area contributed by atoms with Crippen LogP contribution in [0.5, 0.6) is 0 Å². The highest BCUT2D eigenvalue weighted by molar-refractivity contribution is 6.41. The van der Waals surface area contributed by atoms with Gasteiger partial charge >= 0.3 is 0 Å². The molecule has 0 fully saturated rings. The molecular formula is C32H30Cl2N2. The summed E-state index contributed by atoms with van der Waals surface area (Å²) in [4.78, 5) is 9.99. The first-order valence-electron chi connectivity index (χ1n) is 12.1. The van der Waals surface area contributed by atoms with Gasteiger partial charge in [0.2, 0.25) is 0 Å². The molecule has 0 N–H and O–H groups in total. The molecule has 4 heteroatoms. The minimum Gasteiger partial charge on any atom is -0.252 e. The second-order valence-electron chi connectivity index (χ2n) is 9.07. The monoisotopic (exact) mass is 512 g/mol. The minimum atomic E-state index is 0.156. The van der Waals surface area contributed by atoms with Crippen LogP contribution in [0.4, 0.5) is 11.4 Å². The van der Waals surface area contributed by atoms with E-state index < -0.39 is 0 Å². The highest BCUT2D eigenvalue weighted by atomic mass is 35.5. The van der Waals surface area contributed by atoms with Gasteiger partial charge < -0.3 is 0 Å². The fourth-order valence-electron chi connectivity index (χ4n) is 4.31. The van der Waals surface area contributed by atoms with Gasteiger partial charge in [0.15, 0.2) is 0 Å². The largest absolute Gasteiger partial charge is 0.252 e. The zero-order valence-electron chi connectivity index (χ0n) is 21.0. The van der Waals surface area contributed by atoms with Crippen LogP contribution in [-0.2, 0) is 0 Å². The Morgan fingerprint density at radius 2 is 0.917 bits per heavy atom. The van der Waals surface area contributed by atoms with Crippen LogP contribution >= 0.6 is 23.2 Å². The van der Waals surface area contributed by atoms with Gasteiger partial charge in [-0.1, -0.05) is 97.7 Å². The molecule has 0 saturated carbocycles. The summed E-state index contributed by atoms with van der Waals surface area (Å²) in [6, 6.07) is 32.6. The van der Waals surface area contributed by atoms with Gasteiger partial charge in [0.1, 0.15) is 0 Å². The number of nitrogens with zero attached hydrogens (tertiary/aromatic N) is 2. The summed E-state index contributed by atoms with van der Waals surface area (Å²) in [5.41, 5.74) is 8.13. The van der Waals surface area contributed by atoms with Gasteiger partial charge in [0.05, 0.1) is 22.8 Å². The van der Waals surface area contributed by atoms with E-state index in [4.69, 9.17) is 33.2 Å². The molecule has 0 aliphatic rings. The molecular weight excluding hydrogens is 483 g/mol. The SMILES string of the molecule is CC(=Nc1ccc(Cl)cc1C(C)c1ccccc1)C(C)=Nc1ccc(Cl)cc1C(C)c1ccccc1. The molecule has 0 radical (unpaired) electrons. The van der Waals surface area contributed by atoms with Crippen LogP contribution in [0.25, 0.3) is 0 Å². The van der Waals surface area contributed by atoms with Crippen molar-refractivity contribution in [3.63, 3.8) is 0 Å². The van der Waals surface area contributed by atoms with Crippen molar-refractivity contribution in [2.75, 3.05) is 0 Å². The van der Waals surface area contributed by atoms with Crippen LogP contribution in [0.2, 0.25) is 10.0 Å². The highest BCUT2D eigenvalue weighted by Crippen LogP contribution is 2.36. The van der Waals surface area contributed by atoms with Crippen molar-refractivity contribution in [2.45, 2.75) is 39.5 Å². The zero-order chi connectivity index (χ0) is 25.7. The van der Waals surface area contributed by atoms with E-state index in [9.17, 15) is 0 Å². The summed E-state index contributed by atoms with van der Waals surface area (Å²) < 4.78 is 0. The lowest BCUT2D eigenvalue weighted by Gasteiger charge is -2.17. The quantitative estimate of drug-likeness (QED) is 0.220. The van der Waals surface area contributed by atoms with Crippen LogP contribution in [0.3, 0.4) is 0 Å². The van der Waals surface area contributed by atoms with E-state index in [1.165, 1.54) is 11.1 Å². The minimum absolute atomic E-state index is 0.156. The first kappa shape index (κ1) is 25.9. The lowest BCUT2D eigenvalue weighted by Crippen LogP contribution is -2.06. The molecule has 0 heterocycles. The molecule has 4 aromatic rings. The normalized spacial score (nSPS) is 13.9. The molecule has 4 aromatic carbocycles. The smallest absolute Gasteiger partial charge is 0.0672 e. The summed E-state index contributed by atoms with van der Waals surface area (Å²) in [5.74, 6) is 0.312.